The monoisotopic (exact) mass is 392 g/mol. The molecule has 1 aliphatic rings. The van der Waals surface area contributed by atoms with Crippen molar-refractivity contribution in [2.45, 2.75) is 25.9 Å². The molecule has 0 fully saturated rings. The number of hydrogen-bond acceptors (Lipinski definition) is 3. The molecule has 4 heterocycles. The average molecular weight is 393 g/mol. The molecule has 0 saturated heterocycles. The number of aryl methyl sites for hydroxylation is 1. The van der Waals surface area contributed by atoms with Gasteiger partial charge in [0.05, 0.1) is 6.04 Å². The standard InChI is InChI=1S/C22H20N2OS2/c1-15-13-16-5-2-3-6-18(16)24(15)14-21(25)23-10-8-19-17(9-12-27-19)22(23)20-7-4-11-26-20/h2-7,9,11-13,22H,8,10,14H2,1H3/t22-/m1/s1. The number of amides is 1. The van der Waals surface area contributed by atoms with E-state index in [0.717, 1.165) is 24.2 Å². The van der Waals surface area contributed by atoms with E-state index < -0.39 is 0 Å². The third kappa shape index (κ3) is 2.82. The van der Waals surface area contributed by atoms with E-state index in [-0.39, 0.29) is 11.9 Å². The number of hydrogen-bond donors (Lipinski definition) is 0. The molecule has 0 radical (unpaired) electrons. The Balaban J connectivity index is 1.51. The minimum Gasteiger partial charge on any atom is -0.335 e. The minimum atomic E-state index is 0.0506. The van der Waals surface area contributed by atoms with Gasteiger partial charge in [-0.25, -0.2) is 0 Å². The summed E-state index contributed by atoms with van der Waals surface area (Å²) >= 11 is 3.55. The summed E-state index contributed by atoms with van der Waals surface area (Å²) in [5, 5.41) is 5.45. The maximum Gasteiger partial charge on any atom is 0.243 e. The molecule has 1 atom stereocenters. The summed E-state index contributed by atoms with van der Waals surface area (Å²) in [5.41, 5.74) is 3.56. The maximum atomic E-state index is 13.4. The zero-order chi connectivity index (χ0) is 18.4. The second kappa shape index (κ2) is 6.66. The van der Waals surface area contributed by atoms with Crippen molar-refractivity contribution in [1.82, 2.24) is 9.47 Å². The summed E-state index contributed by atoms with van der Waals surface area (Å²) in [7, 11) is 0. The van der Waals surface area contributed by atoms with Crippen molar-refractivity contribution in [3.05, 3.63) is 80.3 Å². The minimum absolute atomic E-state index is 0.0506. The van der Waals surface area contributed by atoms with Gasteiger partial charge in [0.25, 0.3) is 0 Å². The van der Waals surface area contributed by atoms with Gasteiger partial charge in [-0.1, -0.05) is 24.3 Å². The molecule has 27 heavy (non-hydrogen) atoms. The SMILES string of the molecule is Cc1cc2ccccc2n1CC(=O)N1CCc2sccc2[C@@H]1c1cccs1. The molecule has 0 N–H and O–H groups in total. The Bertz CT molecular complexity index is 1110. The molecule has 0 spiro atoms. The lowest BCUT2D eigenvalue weighted by atomic mass is 9.98. The van der Waals surface area contributed by atoms with E-state index in [2.05, 4.69) is 63.5 Å². The van der Waals surface area contributed by atoms with Crippen LogP contribution in [0.5, 0.6) is 0 Å². The van der Waals surface area contributed by atoms with Crippen LogP contribution in [-0.4, -0.2) is 21.9 Å². The summed E-state index contributed by atoms with van der Waals surface area (Å²) in [6.07, 6.45) is 0.950. The number of thiophene rings is 2. The number of benzene rings is 1. The Hall–Kier alpha value is -2.37. The summed E-state index contributed by atoms with van der Waals surface area (Å²) in [5.74, 6) is 0.190. The number of carbonyl (C=O) groups is 1. The molecule has 1 aliphatic heterocycles. The van der Waals surface area contributed by atoms with Gasteiger partial charge in [0.1, 0.15) is 6.54 Å². The molecule has 0 aliphatic carbocycles. The van der Waals surface area contributed by atoms with Gasteiger partial charge in [-0.3, -0.25) is 4.79 Å². The fourth-order valence-corrected chi connectivity index (χ4v) is 5.88. The Morgan fingerprint density at radius 2 is 2.00 bits per heavy atom. The average Bonchev–Trinajstić information content (AvgIpc) is 3.41. The molecule has 1 aromatic carbocycles. The van der Waals surface area contributed by atoms with E-state index >= 15 is 0 Å². The third-order valence-corrected chi connectivity index (χ3v) is 7.33. The van der Waals surface area contributed by atoms with Crippen LogP contribution < -0.4 is 0 Å². The third-order valence-electron chi connectivity index (χ3n) is 5.41. The number of aromatic nitrogens is 1. The molecule has 0 bridgehead atoms. The number of para-hydroxylation sites is 1. The van der Waals surface area contributed by atoms with Gasteiger partial charge in [-0.05, 0) is 59.3 Å². The zero-order valence-electron chi connectivity index (χ0n) is 15.1. The molecule has 0 unspecified atom stereocenters. The number of fused-ring (bicyclic) bond motifs is 2. The summed E-state index contributed by atoms with van der Waals surface area (Å²) in [6, 6.07) is 16.9. The van der Waals surface area contributed by atoms with E-state index in [1.54, 1.807) is 11.3 Å². The van der Waals surface area contributed by atoms with Crippen LogP contribution >= 0.6 is 22.7 Å². The molecular weight excluding hydrogens is 372 g/mol. The van der Waals surface area contributed by atoms with Gasteiger partial charge in [0.2, 0.25) is 5.91 Å². The smallest absolute Gasteiger partial charge is 0.243 e. The first kappa shape index (κ1) is 16.8. The molecule has 4 aromatic rings. The predicted molar refractivity (Wildman–Crippen MR) is 113 cm³/mol. The quantitative estimate of drug-likeness (QED) is 0.468. The Kier molecular flexibility index (Phi) is 4.14. The van der Waals surface area contributed by atoms with E-state index in [9.17, 15) is 4.79 Å². The lowest BCUT2D eigenvalue weighted by Crippen LogP contribution is -2.41. The molecule has 3 aromatic heterocycles. The molecule has 1 amide bonds. The van der Waals surface area contributed by atoms with Crippen molar-refractivity contribution in [3.8, 4) is 0 Å². The summed E-state index contributed by atoms with van der Waals surface area (Å²) in [6.45, 7) is 3.26. The first-order valence-electron chi connectivity index (χ1n) is 9.16. The second-order valence-electron chi connectivity index (χ2n) is 6.98. The van der Waals surface area contributed by atoms with E-state index in [1.807, 2.05) is 23.5 Å². The van der Waals surface area contributed by atoms with E-state index in [1.165, 1.54) is 20.7 Å². The largest absolute Gasteiger partial charge is 0.335 e. The predicted octanol–water partition coefficient (Wildman–Crippen LogP) is 5.25. The zero-order valence-corrected chi connectivity index (χ0v) is 16.7. The van der Waals surface area contributed by atoms with Crippen LogP contribution in [0.4, 0.5) is 0 Å². The van der Waals surface area contributed by atoms with Crippen molar-refractivity contribution in [2.75, 3.05) is 6.54 Å². The van der Waals surface area contributed by atoms with Crippen LogP contribution in [0, 0.1) is 6.92 Å². The van der Waals surface area contributed by atoms with Crippen molar-refractivity contribution in [3.63, 3.8) is 0 Å². The Morgan fingerprint density at radius 3 is 2.85 bits per heavy atom. The highest BCUT2D eigenvalue weighted by molar-refractivity contribution is 7.10. The highest BCUT2D eigenvalue weighted by atomic mass is 32.1. The molecule has 5 rings (SSSR count). The Labute approximate surface area is 166 Å². The van der Waals surface area contributed by atoms with Gasteiger partial charge in [-0.2, -0.15) is 0 Å². The Morgan fingerprint density at radius 1 is 1.11 bits per heavy atom. The van der Waals surface area contributed by atoms with Crippen molar-refractivity contribution < 1.29 is 4.79 Å². The van der Waals surface area contributed by atoms with Gasteiger partial charge in [-0.15, -0.1) is 22.7 Å². The first-order chi connectivity index (χ1) is 13.2. The van der Waals surface area contributed by atoms with Gasteiger partial charge in [0.15, 0.2) is 0 Å². The van der Waals surface area contributed by atoms with Crippen LogP contribution in [0.2, 0.25) is 0 Å². The van der Waals surface area contributed by atoms with E-state index in [0.29, 0.717) is 6.54 Å². The van der Waals surface area contributed by atoms with Crippen molar-refractivity contribution >= 4 is 39.5 Å². The molecule has 0 saturated carbocycles. The summed E-state index contributed by atoms with van der Waals surface area (Å²) in [4.78, 5) is 18.2. The first-order valence-corrected chi connectivity index (χ1v) is 10.9. The van der Waals surface area contributed by atoms with Crippen LogP contribution in [-0.2, 0) is 17.8 Å². The van der Waals surface area contributed by atoms with Gasteiger partial charge < -0.3 is 9.47 Å². The molecule has 3 nitrogen and oxygen atoms in total. The molecule has 136 valence electrons. The van der Waals surface area contributed by atoms with E-state index in [4.69, 9.17) is 0 Å². The highest BCUT2D eigenvalue weighted by Gasteiger charge is 2.33. The van der Waals surface area contributed by atoms with Crippen molar-refractivity contribution in [1.29, 1.82) is 0 Å². The molecular formula is C22H20N2OS2. The van der Waals surface area contributed by atoms with Crippen LogP contribution in [0.25, 0.3) is 10.9 Å². The van der Waals surface area contributed by atoms with Gasteiger partial charge >= 0.3 is 0 Å². The number of rotatable bonds is 3. The normalized spacial score (nSPS) is 16.6. The topological polar surface area (TPSA) is 25.2 Å². The molecule has 5 heteroatoms. The highest BCUT2D eigenvalue weighted by Crippen LogP contribution is 2.39. The summed E-state index contributed by atoms with van der Waals surface area (Å²) < 4.78 is 2.15. The fourth-order valence-electron chi connectivity index (χ4n) is 4.12. The van der Waals surface area contributed by atoms with Gasteiger partial charge in [0, 0.05) is 27.5 Å². The lowest BCUT2D eigenvalue weighted by molar-refractivity contribution is -0.133. The number of nitrogens with zero attached hydrogens (tertiary/aromatic N) is 2. The second-order valence-corrected chi connectivity index (χ2v) is 8.96. The van der Waals surface area contributed by atoms with Crippen LogP contribution in [0.15, 0.2) is 59.3 Å². The maximum absolute atomic E-state index is 13.4. The van der Waals surface area contributed by atoms with Crippen LogP contribution in [0.1, 0.15) is 27.1 Å². The van der Waals surface area contributed by atoms with Crippen LogP contribution in [0.3, 0.4) is 0 Å². The van der Waals surface area contributed by atoms with Crippen molar-refractivity contribution in [2.24, 2.45) is 0 Å². The number of carbonyl (C=O) groups excluding carboxylic acids is 1. The lowest BCUT2D eigenvalue weighted by Gasteiger charge is -2.35. The fraction of sp³-hybridized carbons (Fsp3) is 0.227.